The molecule has 1 heterocycles. The van der Waals surface area contributed by atoms with Crippen molar-refractivity contribution in [1.82, 2.24) is 4.98 Å². The summed E-state index contributed by atoms with van der Waals surface area (Å²) >= 11 is 0. The molecule has 0 amide bonds. The maximum absolute atomic E-state index is 13.9. The fourth-order valence-electron chi connectivity index (χ4n) is 4.22. The van der Waals surface area contributed by atoms with Crippen LogP contribution in [0.5, 0.6) is 11.5 Å². The fraction of sp³-hybridized carbons (Fsp3) is 0.0714. The Bertz CT molecular complexity index is 1450. The third-order valence-corrected chi connectivity index (χ3v) is 5.81. The molecule has 1 aromatic heterocycles. The number of benzene rings is 3. The lowest BCUT2D eigenvalue weighted by atomic mass is 10.0. The SMILES string of the molecule is CC1=C(CC(=O)O)c2cc(F)ccc2C1=Cc1ccc(Oc2cccc3ncccc23)cc1. The molecule has 1 N–H and O–H groups in total. The summed E-state index contributed by atoms with van der Waals surface area (Å²) < 4.78 is 20.0. The first kappa shape index (κ1) is 20.6. The van der Waals surface area contributed by atoms with Gasteiger partial charge in [-0.3, -0.25) is 9.78 Å². The maximum Gasteiger partial charge on any atom is 0.307 e. The highest BCUT2D eigenvalue weighted by Crippen LogP contribution is 2.44. The van der Waals surface area contributed by atoms with E-state index in [0.29, 0.717) is 16.9 Å². The minimum absolute atomic E-state index is 0.147. The van der Waals surface area contributed by atoms with Crippen LogP contribution < -0.4 is 4.74 Å². The second-order valence-electron chi connectivity index (χ2n) is 7.92. The standard InChI is InChI=1S/C28H20FNO3/c1-17-23(21-12-9-19(29)15-25(21)24(17)16-28(31)32)14-18-7-10-20(11-8-18)33-27-6-2-5-26-22(27)4-3-13-30-26/h2-15H,16H2,1H3,(H,31,32). The smallest absolute Gasteiger partial charge is 0.307 e. The van der Waals surface area contributed by atoms with E-state index in [1.807, 2.05) is 67.6 Å². The largest absolute Gasteiger partial charge is 0.481 e. The van der Waals surface area contributed by atoms with Crippen molar-refractivity contribution >= 4 is 34.1 Å². The van der Waals surface area contributed by atoms with Crippen LogP contribution in [0.3, 0.4) is 0 Å². The molecule has 33 heavy (non-hydrogen) atoms. The van der Waals surface area contributed by atoms with Crippen LogP contribution in [0.25, 0.3) is 28.1 Å². The molecule has 0 spiro atoms. The Morgan fingerprint density at radius 2 is 1.85 bits per heavy atom. The van der Waals surface area contributed by atoms with Gasteiger partial charge in [-0.2, -0.15) is 0 Å². The number of hydrogen-bond acceptors (Lipinski definition) is 3. The molecule has 162 valence electrons. The van der Waals surface area contributed by atoms with Crippen molar-refractivity contribution in [2.45, 2.75) is 13.3 Å². The van der Waals surface area contributed by atoms with E-state index in [9.17, 15) is 14.3 Å². The molecular formula is C28H20FNO3. The second kappa shape index (κ2) is 8.36. The number of carbonyl (C=O) groups is 1. The quantitative estimate of drug-likeness (QED) is 0.366. The number of allylic oxidation sites excluding steroid dienone is 2. The van der Waals surface area contributed by atoms with Crippen LogP contribution in [0.15, 0.2) is 84.6 Å². The Labute approximate surface area is 190 Å². The van der Waals surface area contributed by atoms with Crippen molar-refractivity contribution in [3.63, 3.8) is 0 Å². The summed E-state index contributed by atoms with van der Waals surface area (Å²) in [5.41, 5.74) is 5.68. The molecule has 0 saturated heterocycles. The van der Waals surface area contributed by atoms with Gasteiger partial charge in [0.05, 0.1) is 11.9 Å². The molecule has 0 fully saturated rings. The van der Waals surface area contributed by atoms with Crippen molar-refractivity contribution < 1.29 is 19.0 Å². The normalized spacial score (nSPS) is 14.1. The number of rotatable bonds is 5. The van der Waals surface area contributed by atoms with Crippen molar-refractivity contribution in [2.75, 3.05) is 0 Å². The van der Waals surface area contributed by atoms with Gasteiger partial charge >= 0.3 is 5.97 Å². The molecule has 0 aliphatic heterocycles. The average Bonchev–Trinajstić information content (AvgIpc) is 3.05. The molecule has 5 rings (SSSR count). The van der Waals surface area contributed by atoms with Crippen LogP contribution in [-0.2, 0) is 4.79 Å². The highest BCUT2D eigenvalue weighted by molar-refractivity contribution is 6.07. The van der Waals surface area contributed by atoms with Crippen LogP contribution in [0.4, 0.5) is 4.39 Å². The molecule has 1 aliphatic rings. The molecule has 0 saturated carbocycles. The number of carboxylic acids is 1. The van der Waals surface area contributed by atoms with Gasteiger partial charge in [-0.05, 0) is 94.9 Å². The molecule has 3 aromatic carbocycles. The van der Waals surface area contributed by atoms with Gasteiger partial charge in [-0.1, -0.05) is 24.3 Å². The molecule has 5 heteroatoms. The summed E-state index contributed by atoms with van der Waals surface area (Å²) in [5.74, 6) is 0.110. The summed E-state index contributed by atoms with van der Waals surface area (Å²) in [6.07, 6.45) is 3.60. The number of hydrogen-bond donors (Lipinski definition) is 1. The monoisotopic (exact) mass is 437 g/mol. The van der Waals surface area contributed by atoms with E-state index in [1.54, 1.807) is 12.3 Å². The Balaban J connectivity index is 1.46. The van der Waals surface area contributed by atoms with Gasteiger partial charge in [-0.25, -0.2) is 4.39 Å². The van der Waals surface area contributed by atoms with Crippen LogP contribution in [0.2, 0.25) is 0 Å². The second-order valence-corrected chi connectivity index (χ2v) is 7.92. The lowest BCUT2D eigenvalue weighted by molar-refractivity contribution is -0.135. The van der Waals surface area contributed by atoms with Crippen molar-refractivity contribution in [3.8, 4) is 11.5 Å². The number of halogens is 1. The summed E-state index contributed by atoms with van der Waals surface area (Å²) in [4.78, 5) is 15.7. The Morgan fingerprint density at radius 3 is 2.64 bits per heavy atom. The molecule has 0 unspecified atom stereocenters. The molecule has 0 bridgehead atoms. The Kier molecular flexibility index (Phi) is 5.23. The Hall–Kier alpha value is -4.25. The predicted octanol–water partition coefficient (Wildman–Crippen LogP) is 6.97. The van der Waals surface area contributed by atoms with Crippen LogP contribution in [0, 0.1) is 5.82 Å². The number of carboxylic acid groups (broad SMARTS) is 1. The summed E-state index contributed by atoms with van der Waals surface area (Å²) in [6, 6.07) is 21.8. The number of pyridine rings is 1. The van der Waals surface area contributed by atoms with E-state index in [2.05, 4.69) is 4.98 Å². The zero-order chi connectivity index (χ0) is 22.9. The minimum Gasteiger partial charge on any atom is -0.481 e. The number of fused-ring (bicyclic) bond motifs is 2. The van der Waals surface area contributed by atoms with Gasteiger partial charge < -0.3 is 9.84 Å². The van der Waals surface area contributed by atoms with Gasteiger partial charge in [0.15, 0.2) is 0 Å². The number of aromatic nitrogens is 1. The van der Waals surface area contributed by atoms with E-state index < -0.39 is 5.97 Å². The molecule has 4 aromatic rings. The maximum atomic E-state index is 13.9. The first-order valence-corrected chi connectivity index (χ1v) is 10.5. The van der Waals surface area contributed by atoms with Crippen LogP contribution >= 0.6 is 0 Å². The molecular weight excluding hydrogens is 417 g/mol. The van der Waals surface area contributed by atoms with Crippen LogP contribution in [0.1, 0.15) is 30.0 Å². The van der Waals surface area contributed by atoms with Crippen LogP contribution in [-0.4, -0.2) is 16.1 Å². The van der Waals surface area contributed by atoms with E-state index in [4.69, 9.17) is 4.74 Å². The van der Waals surface area contributed by atoms with E-state index in [1.165, 1.54) is 12.1 Å². The minimum atomic E-state index is -0.939. The van der Waals surface area contributed by atoms with Gasteiger partial charge in [0, 0.05) is 11.6 Å². The van der Waals surface area contributed by atoms with Gasteiger partial charge in [0.1, 0.15) is 17.3 Å². The number of nitrogens with zero attached hydrogens (tertiary/aromatic N) is 1. The molecule has 0 radical (unpaired) electrons. The van der Waals surface area contributed by atoms with Crippen molar-refractivity contribution in [1.29, 1.82) is 0 Å². The summed E-state index contributed by atoms with van der Waals surface area (Å²) in [5, 5.41) is 10.3. The van der Waals surface area contributed by atoms with Crippen molar-refractivity contribution in [3.05, 3.63) is 107 Å². The Morgan fingerprint density at radius 1 is 1.03 bits per heavy atom. The first-order chi connectivity index (χ1) is 16.0. The predicted molar refractivity (Wildman–Crippen MR) is 127 cm³/mol. The van der Waals surface area contributed by atoms with E-state index >= 15 is 0 Å². The van der Waals surface area contributed by atoms with E-state index in [-0.39, 0.29) is 12.2 Å². The highest BCUT2D eigenvalue weighted by Gasteiger charge is 2.25. The fourth-order valence-corrected chi connectivity index (χ4v) is 4.22. The van der Waals surface area contributed by atoms with E-state index in [0.717, 1.165) is 38.9 Å². The third-order valence-electron chi connectivity index (χ3n) is 5.81. The average molecular weight is 437 g/mol. The topological polar surface area (TPSA) is 59.4 Å². The lowest BCUT2D eigenvalue weighted by Crippen LogP contribution is -1.97. The zero-order valence-electron chi connectivity index (χ0n) is 17.9. The number of ether oxygens (including phenoxy) is 1. The summed E-state index contributed by atoms with van der Waals surface area (Å²) in [6.45, 7) is 1.88. The van der Waals surface area contributed by atoms with Gasteiger partial charge in [0.2, 0.25) is 0 Å². The molecule has 1 aliphatic carbocycles. The summed E-state index contributed by atoms with van der Waals surface area (Å²) in [7, 11) is 0. The van der Waals surface area contributed by atoms with Gasteiger partial charge in [-0.15, -0.1) is 0 Å². The van der Waals surface area contributed by atoms with Crippen molar-refractivity contribution in [2.24, 2.45) is 0 Å². The molecule has 4 nitrogen and oxygen atoms in total. The highest BCUT2D eigenvalue weighted by atomic mass is 19.1. The lowest BCUT2D eigenvalue weighted by Gasteiger charge is -2.09. The zero-order valence-corrected chi connectivity index (χ0v) is 17.9. The first-order valence-electron chi connectivity index (χ1n) is 10.5. The third kappa shape index (κ3) is 4.01. The molecule has 0 atom stereocenters. The van der Waals surface area contributed by atoms with Gasteiger partial charge in [0.25, 0.3) is 0 Å². The number of aliphatic carboxylic acids is 1.